The van der Waals surface area contributed by atoms with E-state index in [-0.39, 0.29) is 16.6 Å². The Hall–Kier alpha value is -1.92. The van der Waals surface area contributed by atoms with Gasteiger partial charge in [-0.3, -0.25) is 9.59 Å². The number of amides is 1. The Morgan fingerprint density at radius 3 is 2.52 bits per heavy atom. The summed E-state index contributed by atoms with van der Waals surface area (Å²) >= 11 is 7.26. The van der Waals surface area contributed by atoms with Crippen LogP contribution in [0.4, 0.5) is 5.69 Å². The molecule has 0 aliphatic carbocycles. The predicted molar refractivity (Wildman–Crippen MR) is 82.0 cm³/mol. The van der Waals surface area contributed by atoms with Crippen molar-refractivity contribution < 1.29 is 9.59 Å². The molecule has 108 valence electrons. The number of aryl methyl sites for hydroxylation is 1. The summed E-state index contributed by atoms with van der Waals surface area (Å²) in [6.07, 6.45) is 0.649. The molecule has 7 heteroatoms. The van der Waals surface area contributed by atoms with Crippen molar-refractivity contribution in [3.63, 3.8) is 0 Å². The highest BCUT2D eigenvalue weighted by Gasteiger charge is 2.12. The van der Waals surface area contributed by atoms with Gasteiger partial charge in [0.1, 0.15) is 16.0 Å². The van der Waals surface area contributed by atoms with Crippen molar-refractivity contribution >= 4 is 41.2 Å². The van der Waals surface area contributed by atoms with E-state index in [0.717, 1.165) is 4.90 Å². The van der Waals surface area contributed by atoms with Crippen molar-refractivity contribution in [2.24, 2.45) is 0 Å². The Morgan fingerprint density at radius 2 is 1.95 bits per heavy atom. The lowest BCUT2D eigenvalue weighted by atomic mass is 10.3. The van der Waals surface area contributed by atoms with Gasteiger partial charge >= 0.3 is 0 Å². The summed E-state index contributed by atoms with van der Waals surface area (Å²) in [4.78, 5) is 31.1. The van der Waals surface area contributed by atoms with E-state index in [2.05, 4.69) is 15.3 Å². The van der Waals surface area contributed by atoms with Crippen LogP contribution in [0, 0.1) is 6.92 Å². The lowest BCUT2D eigenvalue weighted by molar-refractivity contribution is -0.114. The van der Waals surface area contributed by atoms with Crippen molar-refractivity contribution in [1.29, 1.82) is 0 Å². The van der Waals surface area contributed by atoms with Gasteiger partial charge in [-0.1, -0.05) is 23.4 Å². The van der Waals surface area contributed by atoms with Crippen LogP contribution in [0.15, 0.2) is 34.2 Å². The van der Waals surface area contributed by atoms with Gasteiger partial charge in [-0.25, -0.2) is 9.97 Å². The third kappa shape index (κ3) is 4.03. The number of carbonyl (C=O) groups excluding carboxylic acids is 2. The van der Waals surface area contributed by atoms with Crippen LogP contribution in [-0.2, 0) is 4.79 Å². The second-order valence-corrected chi connectivity index (χ2v) is 5.63. The first-order chi connectivity index (χ1) is 9.99. The highest BCUT2D eigenvalue weighted by atomic mass is 35.5. The molecule has 0 unspecified atom stereocenters. The monoisotopic (exact) mass is 321 g/mol. The van der Waals surface area contributed by atoms with Gasteiger partial charge in [0, 0.05) is 17.5 Å². The molecule has 1 amide bonds. The van der Waals surface area contributed by atoms with Crippen LogP contribution in [0.1, 0.15) is 23.1 Å². The van der Waals surface area contributed by atoms with Gasteiger partial charge < -0.3 is 5.32 Å². The minimum Gasteiger partial charge on any atom is -0.326 e. The first-order valence-electron chi connectivity index (χ1n) is 6.04. The quantitative estimate of drug-likeness (QED) is 0.690. The lowest BCUT2D eigenvalue weighted by Crippen LogP contribution is -2.05. The van der Waals surface area contributed by atoms with Gasteiger partial charge in [0.2, 0.25) is 5.91 Å². The van der Waals surface area contributed by atoms with Gasteiger partial charge in [-0.2, -0.15) is 0 Å². The molecule has 0 saturated carbocycles. The van der Waals surface area contributed by atoms with Crippen LogP contribution in [0.25, 0.3) is 0 Å². The fourth-order valence-electron chi connectivity index (χ4n) is 1.62. The number of carbonyl (C=O) groups is 2. The van der Waals surface area contributed by atoms with E-state index >= 15 is 0 Å². The summed E-state index contributed by atoms with van der Waals surface area (Å²) in [5, 5.41) is 3.34. The fourth-order valence-corrected chi connectivity index (χ4v) is 2.86. The first-order valence-corrected chi connectivity index (χ1v) is 7.24. The molecule has 0 atom stereocenters. The smallest absolute Gasteiger partial charge is 0.221 e. The maximum Gasteiger partial charge on any atom is 0.221 e. The number of anilines is 1. The zero-order valence-corrected chi connectivity index (χ0v) is 13.0. The number of nitrogens with one attached hydrogen (secondary N) is 1. The summed E-state index contributed by atoms with van der Waals surface area (Å²) in [6.45, 7) is 3.16. The minimum absolute atomic E-state index is 0.128. The Labute approximate surface area is 131 Å². The minimum atomic E-state index is -0.128. The first kappa shape index (κ1) is 15.5. The van der Waals surface area contributed by atoms with E-state index in [1.165, 1.54) is 18.7 Å². The Balaban J connectivity index is 2.26. The summed E-state index contributed by atoms with van der Waals surface area (Å²) in [5.74, 6) is 0.375. The molecule has 1 N–H and O–H groups in total. The van der Waals surface area contributed by atoms with E-state index in [9.17, 15) is 9.59 Å². The zero-order chi connectivity index (χ0) is 15.4. The van der Waals surface area contributed by atoms with Crippen LogP contribution in [0.3, 0.4) is 0 Å². The van der Waals surface area contributed by atoms with E-state index in [4.69, 9.17) is 11.6 Å². The van der Waals surface area contributed by atoms with Crippen molar-refractivity contribution in [2.45, 2.75) is 23.8 Å². The number of aromatic nitrogens is 2. The molecule has 5 nitrogen and oxygen atoms in total. The van der Waals surface area contributed by atoms with E-state index in [1.54, 1.807) is 19.1 Å². The van der Waals surface area contributed by atoms with E-state index < -0.39 is 0 Å². The van der Waals surface area contributed by atoms with E-state index in [1.807, 2.05) is 12.1 Å². The second-order valence-electron chi connectivity index (χ2n) is 4.21. The van der Waals surface area contributed by atoms with Crippen molar-refractivity contribution in [3.8, 4) is 0 Å². The normalized spacial score (nSPS) is 10.2. The van der Waals surface area contributed by atoms with Crippen molar-refractivity contribution in [3.05, 3.63) is 40.8 Å². The number of benzene rings is 1. The zero-order valence-electron chi connectivity index (χ0n) is 11.4. The second kappa shape index (κ2) is 6.69. The standard InChI is InChI=1S/C14H12ClN3O2S/c1-8-16-13(15)12(7-19)14(17-8)21-11-5-3-10(4-6-11)18-9(2)20/h3-7H,1-2H3,(H,18,20). The summed E-state index contributed by atoms with van der Waals surface area (Å²) in [6, 6.07) is 7.21. The molecule has 1 aromatic heterocycles. The molecule has 0 spiro atoms. The molecule has 0 fully saturated rings. The number of halogens is 1. The largest absolute Gasteiger partial charge is 0.326 e. The maximum absolute atomic E-state index is 11.1. The number of nitrogens with zero attached hydrogens (tertiary/aromatic N) is 2. The Kier molecular flexibility index (Phi) is 4.93. The predicted octanol–water partition coefficient (Wildman–Crippen LogP) is 3.36. The topological polar surface area (TPSA) is 72.0 Å². The molecule has 2 aromatic rings. The molecular formula is C14H12ClN3O2S. The summed E-state index contributed by atoms with van der Waals surface area (Å²) in [7, 11) is 0. The average molecular weight is 322 g/mol. The Bertz CT molecular complexity index is 689. The highest BCUT2D eigenvalue weighted by Crippen LogP contribution is 2.31. The number of hydrogen-bond donors (Lipinski definition) is 1. The molecule has 0 aliphatic rings. The molecule has 0 bridgehead atoms. The molecular weight excluding hydrogens is 310 g/mol. The van der Waals surface area contributed by atoms with Crippen molar-refractivity contribution in [1.82, 2.24) is 9.97 Å². The number of hydrogen-bond acceptors (Lipinski definition) is 5. The SMILES string of the molecule is CC(=O)Nc1ccc(Sc2nc(C)nc(Cl)c2C=O)cc1. The van der Waals surface area contributed by atoms with Crippen molar-refractivity contribution in [2.75, 3.05) is 5.32 Å². The molecule has 1 heterocycles. The number of rotatable bonds is 4. The van der Waals surface area contributed by atoms with Crippen LogP contribution in [-0.4, -0.2) is 22.2 Å². The number of aldehydes is 1. The average Bonchev–Trinajstić information content (AvgIpc) is 2.40. The van der Waals surface area contributed by atoms with E-state index in [0.29, 0.717) is 22.8 Å². The maximum atomic E-state index is 11.1. The van der Waals surface area contributed by atoms with Gasteiger partial charge in [-0.15, -0.1) is 0 Å². The molecule has 21 heavy (non-hydrogen) atoms. The van der Waals surface area contributed by atoms with Crippen LogP contribution >= 0.6 is 23.4 Å². The van der Waals surface area contributed by atoms with Gasteiger partial charge in [-0.05, 0) is 31.2 Å². The summed E-state index contributed by atoms with van der Waals surface area (Å²) < 4.78 is 0. The molecule has 0 saturated heterocycles. The fraction of sp³-hybridized carbons (Fsp3) is 0.143. The van der Waals surface area contributed by atoms with Crippen LogP contribution < -0.4 is 5.32 Å². The summed E-state index contributed by atoms with van der Waals surface area (Å²) in [5.41, 5.74) is 0.984. The van der Waals surface area contributed by atoms with Gasteiger partial charge in [0.25, 0.3) is 0 Å². The molecule has 0 radical (unpaired) electrons. The molecule has 2 rings (SSSR count). The van der Waals surface area contributed by atoms with Gasteiger partial charge in [0.15, 0.2) is 6.29 Å². The van der Waals surface area contributed by atoms with Crippen LogP contribution in [0.5, 0.6) is 0 Å². The molecule has 1 aromatic carbocycles. The lowest BCUT2D eigenvalue weighted by Gasteiger charge is -2.07. The third-order valence-corrected chi connectivity index (χ3v) is 3.78. The highest BCUT2D eigenvalue weighted by molar-refractivity contribution is 7.99. The third-order valence-electron chi connectivity index (χ3n) is 2.48. The van der Waals surface area contributed by atoms with Gasteiger partial charge in [0.05, 0.1) is 5.56 Å². The Morgan fingerprint density at radius 1 is 1.29 bits per heavy atom. The van der Waals surface area contributed by atoms with Crippen LogP contribution in [0.2, 0.25) is 5.15 Å². The molecule has 0 aliphatic heterocycles.